The van der Waals surface area contributed by atoms with Gasteiger partial charge >= 0.3 is 5.97 Å². The smallest absolute Gasteiger partial charge is 0.308 e. The van der Waals surface area contributed by atoms with E-state index in [1.165, 1.54) is 6.20 Å². The summed E-state index contributed by atoms with van der Waals surface area (Å²) in [7, 11) is 1.75. The normalized spacial score (nSPS) is 21.2. The minimum absolute atomic E-state index is 0.0340. The lowest BCUT2D eigenvalue weighted by Crippen LogP contribution is -2.45. The van der Waals surface area contributed by atoms with Gasteiger partial charge in [0, 0.05) is 32.3 Å². The molecule has 1 aromatic heterocycles. The summed E-state index contributed by atoms with van der Waals surface area (Å²) in [6.07, 6.45) is 3.73. The van der Waals surface area contributed by atoms with Gasteiger partial charge in [-0.05, 0) is 12.0 Å². The van der Waals surface area contributed by atoms with Gasteiger partial charge in [-0.15, -0.1) is 0 Å². The summed E-state index contributed by atoms with van der Waals surface area (Å²) < 4.78 is 1.57. The third-order valence-electron chi connectivity index (χ3n) is 4.31. The van der Waals surface area contributed by atoms with Crippen molar-refractivity contribution in [1.29, 1.82) is 0 Å². The van der Waals surface area contributed by atoms with E-state index in [0.717, 1.165) is 5.56 Å². The number of rotatable bonds is 3. The molecule has 0 radical (unpaired) electrons. The summed E-state index contributed by atoms with van der Waals surface area (Å²) in [4.78, 5) is 25.8. The van der Waals surface area contributed by atoms with Crippen molar-refractivity contribution in [3.8, 4) is 0 Å². The predicted octanol–water partition coefficient (Wildman–Crippen LogP) is 1.75. The first-order chi connectivity index (χ1) is 11.0. The van der Waals surface area contributed by atoms with Gasteiger partial charge in [0.25, 0.3) is 5.91 Å². The van der Waals surface area contributed by atoms with Gasteiger partial charge in [-0.25, -0.2) is 0 Å². The molecule has 1 aliphatic rings. The molecule has 2 atom stereocenters. The lowest BCUT2D eigenvalue weighted by Gasteiger charge is -2.36. The van der Waals surface area contributed by atoms with Crippen molar-refractivity contribution in [3.05, 3.63) is 53.9 Å². The Bertz CT molecular complexity index is 711. The second kappa shape index (κ2) is 6.24. The Hall–Kier alpha value is -2.63. The molecule has 0 unspecified atom stereocenters. The van der Waals surface area contributed by atoms with Crippen LogP contribution in [0.2, 0.25) is 0 Å². The molecule has 6 nitrogen and oxygen atoms in total. The molecular formula is C17H19N3O3. The average molecular weight is 313 g/mol. The van der Waals surface area contributed by atoms with E-state index in [4.69, 9.17) is 0 Å². The van der Waals surface area contributed by atoms with E-state index >= 15 is 0 Å². The molecule has 2 heterocycles. The monoisotopic (exact) mass is 313 g/mol. The van der Waals surface area contributed by atoms with E-state index in [1.54, 1.807) is 22.8 Å². The molecule has 0 saturated carbocycles. The number of benzene rings is 1. The van der Waals surface area contributed by atoms with Crippen molar-refractivity contribution in [2.75, 3.05) is 13.1 Å². The molecule has 23 heavy (non-hydrogen) atoms. The molecule has 1 N–H and O–H groups in total. The highest BCUT2D eigenvalue weighted by molar-refractivity contribution is 5.94. The first-order valence-electron chi connectivity index (χ1n) is 7.60. The van der Waals surface area contributed by atoms with Crippen LogP contribution in [0.5, 0.6) is 0 Å². The lowest BCUT2D eigenvalue weighted by molar-refractivity contribution is -0.143. The van der Waals surface area contributed by atoms with Crippen LogP contribution in [0, 0.1) is 5.92 Å². The Morgan fingerprint density at radius 2 is 1.96 bits per heavy atom. The zero-order valence-electron chi connectivity index (χ0n) is 12.9. The third-order valence-corrected chi connectivity index (χ3v) is 4.31. The molecule has 0 spiro atoms. The molecule has 0 bridgehead atoms. The van der Waals surface area contributed by atoms with Crippen LogP contribution in [0.1, 0.15) is 28.3 Å². The maximum atomic E-state index is 12.6. The highest BCUT2D eigenvalue weighted by atomic mass is 16.4. The van der Waals surface area contributed by atoms with Crippen LogP contribution in [0.4, 0.5) is 0 Å². The van der Waals surface area contributed by atoms with E-state index in [9.17, 15) is 14.7 Å². The number of likely N-dealkylation sites (tertiary alicyclic amines) is 1. The van der Waals surface area contributed by atoms with Crippen LogP contribution in [-0.4, -0.2) is 44.8 Å². The summed E-state index contributed by atoms with van der Waals surface area (Å²) in [5.74, 6) is -1.53. The number of hydrogen-bond acceptors (Lipinski definition) is 3. The predicted molar refractivity (Wildman–Crippen MR) is 84.0 cm³/mol. The number of amides is 1. The fourth-order valence-electron chi connectivity index (χ4n) is 3.12. The van der Waals surface area contributed by atoms with Gasteiger partial charge in [0.1, 0.15) is 0 Å². The average Bonchev–Trinajstić information content (AvgIpc) is 3.01. The summed E-state index contributed by atoms with van der Waals surface area (Å²) in [6.45, 7) is 0.772. The van der Waals surface area contributed by atoms with E-state index in [1.807, 2.05) is 30.3 Å². The van der Waals surface area contributed by atoms with Crippen LogP contribution in [-0.2, 0) is 11.8 Å². The molecule has 0 aliphatic carbocycles. The Balaban J connectivity index is 1.84. The number of aliphatic carboxylic acids is 1. The second-order valence-electron chi connectivity index (χ2n) is 5.99. The van der Waals surface area contributed by atoms with Crippen molar-refractivity contribution in [1.82, 2.24) is 14.7 Å². The molecule has 1 amide bonds. The zero-order valence-corrected chi connectivity index (χ0v) is 12.9. The number of piperidine rings is 1. The molecule has 1 aromatic carbocycles. The van der Waals surface area contributed by atoms with Gasteiger partial charge in [-0.2, -0.15) is 5.10 Å². The standard InChI is InChI=1S/C17H19N3O3/c1-19-9-15(8-18-19)16(21)20-10-13(7-14(11-20)17(22)23)12-5-3-2-4-6-12/h2-6,8-9,13-14H,7,10-11H2,1H3,(H,22,23)/t13-,14+/m0/s1. The van der Waals surface area contributed by atoms with E-state index in [0.29, 0.717) is 18.5 Å². The molecule has 120 valence electrons. The first kappa shape index (κ1) is 15.3. The minimum atomic E-state index is -0.852. The minimum Gasteiger partial charge on any atom is -0.481 e. The van der Waals surface area contributed by atoms with Gasteiger partial charge in [-0.1, -0.05) is 30.3 Å². The van der Waals surface area contributed by atoms with Gasteiger partial charge < -0.3 is 10.0 Å². The lowest BCUT2D eigenvalue weighted by atomic mass is 9.84. The zero-order chi connectivity index (χ0) is 16.4. The number of nitrogens with zero attached hydrogens (tertiary/aromatic N) is 3. The Morgan fingerprint density at radius 1 is 1.22 bits per heavy atom. The number of carbonyl (C=O) groups is 2. The molecule has 1 saturated heterocycles. The summed E-state index contributed by atoms with van der Waals surface area (Å²) in [5.41, 5.74) is 1.56. The van der Waals surface area contributed by atoms with Crippen molar-refractivity contribution in [2.45, 2.75) is 12.3 Å². The van der Waals surface area contributed by atoms with Gasteiger partial charge in [0.15, 0.2) is 0 Å². The van der Waals surface area contributed by atoms with Crippen molar-refractivity contribution in [2.24, 2.45) is 13.0 Å². The van der Waals surface area contributed by atoms with Gasteiger partial charge in [-0.3, -0.25) is 14.3 Å². The molecule has 1 fully saturated rings. The Labute approximate surface area is 134 Å². The van der Waals surface area contributed by atoms with Crippen LogP contribution < -0.4 is 0 Å². The third kappa shape index (κ3) is 3.26. The number of aromatic nitrogens is 2. The highest BCUT2D eigenvalue weighted by Crippen LogP contribution is 2.31. The van der Waals surface area contributed by atoms with E-state index < -0.39 is 11.9 Å². The molecule has 6 heteroatoms. The Kier molecular flexibility index (Phi) is 4.14. The second-order valence-corrected chi connectivity index (χ2v) is 5.99. The Morgan fingerprint density at radius 3 is 2.57 bits per heavy atom. The number of carboxylic acids is 1. The van der Waals surface area contributed by atoms with E-state index in [2.05, 4.69) is 5.10 Å². The van der Waals surface area contributed by atoms with Crippen LogP contribution >= 0.6 is 0 Å². The van der Waals surface area contributed by atoms with Crippen LogP contribution in [0.3, 0.4) is 0 Å². The number of carboxylic acid groups (broad SMARTS) is 1. The largest absolute Gasteiger partial charge is 0.481 e. The van der Waals surface area contributed by atoms with E-state index in [-0.39, 0.29) is 18.4 Å². The number of hydrogen-bond donors (Lipinski definition) is 1. The van der Waals surface area contributed by atoms with Crippen LogP contribution in [0.25, 0.3) is 0 Å². The quantitative estimate of drug-likeness (QED) is 0.936. The molecule has 3 rings (SSSR count). The molecule has 1 aliphatic heterocycles. The number of aryl methyl sites for hydroxylation is 1. The van der Waals surface area contributed by atoms with Crippen molar-refractivity contribution in [3.63, 3.8) is 0 Å². The first-order valence-corrected chi connectivity index (χ1v) is 7.60. The maximum Gasteiger partial charge on any atom is 0.308 e. The maximum absolute atomic E-state index is 12.6. The van der Waals surface area contributed by atoms with Gasteiger partial charge in [0.2, 0.25) is 0 Å². The SMILES string of the molecule is Cn1cc(C(=O)N2C[C@H](C(=O)O)C[C@H](c3ccccc3)C2)cn1. The van der Waals surface area contributed by atoms with Gasteiger partial charge in [0.05, 0.1) is 17.7 Å². The molecular weight excluding hydrogens is 294 g/mol. The summed E-state index contributed by atoms with van der Waals surface area (Å²) in [6, 6.07) is 9.78. The van der Waals surface area contributed by atoms with Crippen molar-refractivity contribution >= 4 is 11.9 Å². The fraction of sp³-hybridized carbons (Fsp3) is 0.353. The fourth-order valence-corrected chi connectivity index (χ4v) is 3.12. The summed E-state index contributed by atoms with van der Waals surface area (Å²) >= 11 is 0. The molecule has 2 aromatic rings. The highest BCUT2D eigenvalue weighted by Gasteiger charge is 2.35. The van der Waals surface area contributed by atoms with Crippen molar-refractivity contribution < 1.29 is 14.7 Å². The topological polar surface area (TPSA) is 75.4 Å². The number of carbonyl (C=O) groups excluding carboxylic acids is 1. The summed E-state index contributed by atoms with van der Waals surface area (Å²) in [5, 5.41) is 13.4. The van der Waals surface area contributed by atoms with Crippen LogP contribution in [0.15, 0.2) is 42.7 Å².